The highest BCUT2D eigenvalue weighted by molar-refractivity contribution is 5.95. The topological polar surface area (TPSA) is 49.3 Å². The summed E-state index contributed by atoms with van der Waals surface area (Å²) >= 11 is 0. The number of carbonyl (C=O) groups is 1. The maximum Gasteiger partial charge on any atom is 0.254 e. The predicted molar refractivity (Wildman–Crippen MR) is 111 cm³/mol. The Morgan fingerprint density at radius 2 is 1.75 bits per heavy atom. The molecule has 1 fully saturated rings. The van der Waals surface area contributed by atoms with E-state index in [0.717, 1.165) is 30.9 Å². The van der Waals surface area contributed by atoms with E-state index >= 15 is 0 Å². The maximum absolute atomic E-state index is 13.0. The van der Waals surface area contributed by atoms with Gasteiger partial charge in [0.2, 0.25) is 0 Å². The molecule has 4 rings (SSSR count). The van der Waals surface area contributed by atoms with Crippen LogP contribution < -0.4 is 4.90 Å². The fraction of sp³-hybridized carbons (Fsp3) is 0.261. The number of rotatable bonds is 3. The molecule has 0 unspecified atom stereocenters. The first-order valence-electron chi connectivity index (χ1n) is 9.61. The SMILES string of the molecule is Cc1ccc(N2CCN(C(=O)c3ccc(-c4cnccn4)cc3)[C@H](C)C2)cc1. The van der Waals surface area contributed by atoms with E-state index in [1.165, 1.54) is 11.3 Å². The van der Waals surface area contributed by atoms with E-state index in [9.17, 15) is 4.79 Å². The number of amides is 1. The lowest BCUT2D eigenvalue weighted by Gasteiger charge is -2.41. The van der Waals surface area contributed by atoms with Crippen LogP contribution in [0.25, 0.3) is 11.3 Å². The van der Waals surface area contributed by atoms with Crippen LogP contribution in [0.1, 0.15) is 22.8 Å². The van der Waals surface area contributed by atoms with Gasteiger partial charge in [-0.1, -0.05) is 29.8 Å². The number of nitrogens with zero attached hydrogens (tertiary/aromatic N) is 4. The minimum Gasteiger partial charge on any atom is -0.368 e. The lowest BCUT2D eigenvalue weighted by molar-refractivity contribution is 0.0674. The van der Waals surface area contributed by atoms with Gasteiger partial charge >= 0.3 is 0 Å². The van der Waals surface area contributed by atoms with E-state index in [1.54, 1.807) is 18.6 Å². The summed E-state index contributed by atoms with van der Waals surface area (Å²) in [6.45, 7) is 6.62. The van der Waals surface area contributed by atoms with Crippen molar-refractivity contribution in [3.63, 3.8) is 0 Å². The van der Waals surface area contributed by atoms with Gasteiger partial charge in [0.05, 0.1) is 11.9 Å². The Morgan fingerprint density at radius 3 is 2.39 bits per heavy atom. The minimum absolute atomic E-state index is 0.0850. The Balaban J connectivity index is 1.44. The van der Waals surface area contributed by atoms with Gasteiger partial charge in [-0.05, 0) is 38.1 Å². The smallest absolute Gasteiger partial charge is 0.254 e. The van der Waals surface area contributed by atoms with Crippen molar-refractivity contribution in [1.29, 1.82) is 0 Å². The van der Waals surface area contributed by atoms with E-state index < -0.39 is 0 Å². The van der Waals surface area contributed by atoms with Crippen LogP contribution in [0, 0.1) is 6.92 Å². The Labute approximate surface area is 165 Å². The highest BCUT2D eigenvalue weighted by Crippen LogP contribution is 2.22. The van der Waals surface area contributed by atoms with E-state index in [-0.39, 0.29) is 11.9 Å². The molecule has 1 aliphatic heterocycles. The molecule has 2 aromatic carbocycles. The molecule has 1 aromatic heterocycles. The van der Waals surface area contributed by atoms with Crippen LogP contribution in [0.2, 0.25) is 0 Å². The van der Waals surface area contributed by atoms with E-state index in [4.69, 9.17) is 0 Å². The zero-order valence-corrected chi connectivity index (χ0v) is 16.2. The highest BCUT2D eigenvalue weighted by Gasteiger charge is 2.28. The van der Waals surface area contributed by atoms with Crippen molar-refractivity contribution in [2.45, 2.75) is 19.9 Å². The lowest BCUT2D eigenvalue weighted by atomic mass is 10.1. The Morgan fingerprint density at radius 1 is 1.00 bits per heavy atom. The molecule has 0 saturated carbocycles. The van der Waals surface area contributed by atoms with Gasteiger partial charge in [0.25, 0.3) is 5.91 Å². The molecule has 0 N–H and O–H groups in total. The third kappa shape index (κ3) is 3.74. The van der Waals surface area contributed by atoms with Gasteiger partial charge in [-0.3, -0.25) is 14.8 Å². The monoisotopic (exact) mass is 372 g/mol. The quantitative estimate of drug-likeness (QED) is 0.702. The molecular formula is C23H24N4O. The van der Waals surface area contributed by atoms with Gasteiger partial charge in [-0.15, -0.1) is 0 Å². The summed E-state index contributed by atoms with van der Waals surface area (Å²) in [6.07, 6.45) is 5.05. The molecule has 0 aliphatic carbocycles. The van der Waals surface area contributed by atoms with Crippen LogP contribution in [-0.4, -0.2) is 46.5 Å². The van der Waals surface area contributed by atoms with Gasteiger partial charge < -0.3 is 9.80 Å². The van der Waals surface area contributed by atoms with Crippen LogP contribution in [0.5, 0.6) is 0 Å². The first-order valence-corrected chi connectivity index (χ1v) is 9.61. The maximum atomic E-state index is 13.0. The lowest BCUT2D eigenvalue weighted by Crippen LogP contribution is -2.54. The van der Waals surface area contributed by atoms with Gasteiger partial charge in [0.1, 0.15) is 0 Å². The van der Waals surface area contributed by atoms with Crippen LogP contribution in [0.15, 0.2) is 67.1 Å². The molecule has 1 amide bonds. The number of anilines is 1. The van der Waals surface area contributed by atoms with Crippen molar-refractivity contribution in [3.05, 3.63) is 78.2 Å². The summed E-state index contributed by atoms with van der Waals surface area (Å²) in [5.41, 5.74) is 4.96. The van der Waals surface area contributed by atoms with Crippen LogP contribution in [0.3, 0.4) is 0 Å². The van der Waals surface area contributed by atoms with Crippen molar-refractivity contribution < 1.29 is 4.79 Å². The fourth-order valence-electron chi connectivity index (χ4n) is 3.65. The Bertz CT molecular complexity index is 939. The van der Waals surface area contributed by atoms with E-state index in [1.807, 2.05) is 29.2 Å². The summed E-state index contributed by atoms with van der Waals surface area (Å²) in [6, 6.07) is 16.4. The molecule has 5 nitrogen and oxygen atoms in total. The second-order valence-corrected chi connectivity index (χ2v) is 7.30. The zero-order chi connectivity index (χ0) is 19.5. The minimum atomic E-state index is 0.0850. The van der Waals surface area contributed by atoms with Gasteiger partial charge in [0, 0.05) is 54.9 Å². The average molecular weight is 372 g/mol. The number of hydrogen-bond acceptors (Lipinski definition) is 4. The largest absolute Gasteiger partial charge is 0.368 e. The number of aryl methyl sites for hydroxylation is 1. The molecule has 5 heteroatoms. The Kier molecular flexibility index (Phi) is 5.06. The Hall–Kier alpha value is -3.21. The standard InChI is InChI=1S/C23H24N4O/c1-17-3-9-21(10-4-17)26-13-14-27(18(2)16-26)23(28)20-7-5-19(6-8-20)22-15-24-11-12-25-22/h3-12,15,18H,13-14,16H2,1-2H3/t18-/m1/s1. The summed E-state index contributed by atoms with van der Waals surface area (Å²) in [4.78, 5) is 25.8. The van der Waals surface area contributed by atoms with Crippen LogP contribution >= 0.6 is 0 Å². The molecule has 1 saturated heterocycles. The molecule has 0 bridgehead atoms. The van der Waals surface area contributed by atoms with Gasteiger partial charge in [0.15, 0.2) is 0 Å². The predicted octanol–water partition coefficient (Wildman–Crippen LogP) is 3.80. The van der Waals surface area contributed by atoms with Gasteiger partial charge in [-0.25, -0.2) is 0 Å². The molecule has 1 aliphatic rings. The van der Waals surface area contributed by atoms with Crippen molar-refractivity contribution in [3.8, 4) is 11.3 Å². The van der Waals surface area contributed by atoms with Gasteiger partial charge in [-0.2, -0.15) is 0 Å². The van der Waals surface area contributed by atoms with Crippen molar-refractivity contribution in [1.82, 2.24) is 14.9 Å². The fourth-order valence-corrected chi connectivity index (χ4v) is 3.65. The molecule has 1 atom stereocenters. The molecule has 142 valence electrons. The molecule has 3 aromatic rings. The highest BCUT2D eigenvalue weighted by atomic mass is 16.2. The third-order valence-electron chi connectivity index (χ3n) is 5.28. The number of piperazine rings is 1. The first-order chi connectivity index (χ1) is 13.6. The van der Waals surface area contributed by atoms with Crippen molar-refractivity contribution >= 4 is 11.6 Å². The molecule has 0 spiro atoms. The molecular weight excluding hydrogens is 348 g/mol. The molecule has 28 heavy (non-hydrogen) atoms. The zero-order valence-electron chi connectivity index (χ0n) is 16.2. The van der Waals surface area contributed by atoms with Crippen LogP contribution in [-0.2, 0) is 0 Å². The van der Waals surface area contributed by atoms with E-state index in [2.05, 4.69) is 53.0 Å². The summed E-state index contributed by atoms with van der Waals surface area (Å²) in [5, 5.41) is 0. The van der Waals surface area contributed by atoms with Crippen molar-refractivity contribution in [2.24, 2.45) is 0 Å². The number of benzene rings is 2. The number of carbonyl (C=O) groups excluding carboxylic acids is 1. The summed E-state index contributed by atoms with van der Waals surface area (Å²) in [7, 11) is 0. The second-order valence-electron chi connectivity index (χ2n) is 7.30. The first kappa shape index (κ1) is 18.2. The normalized spacial score (nSPS) is 16.9. The molecule has 2 heterocycles. The molecule has 0 radical (unpaired) electrons. The van der Waals surface area contributed by atoms with E-state index in [0.29, 0.717) is 5.56 Å². The third-order valence-corrected chi connectivity index (χ3v) is 5.28. The van der Waals surface area contributed by atoms with Crippen molar-refractivity contribution in [2.75, 3.05) is 24.5 Å². The second kappa shape index (κ2) is 7.80. The van der Waals surface area contributed by atoms with Crippen LogP contribution in [0.4, 0.5) is 5.69 Å². The number of aromatic nitrogens is 2. The summed E-state index contributed by atoms with van der Waals surface area (Å²) in [5.74, 6) is 0.0850. The number of hydrogen-bond donors (Lipinski definition) is 0. The average Bonchev–Trinajstić information content (AvgIpc) is 2.74. The summed E-state index contributed by atoms with van der Waals surface area (Å²) < 4.78 is 0.